The van der Waals surface area contributed by atoms with E-state index in [1.165, 1.54) is 22.1 Å². The SMILES string of the molecule is Cn1cc(C(=O)CCc2cnc(-c3ccccc3)s2)c(C(=O)O)c1N. The molecule has 0 unspecified atom stereocenters. The van der Waals surface area contributed by atoms with Crippen LogP contribution >= 0.6 is 11.3 Å². The number of benzene rings is 1. The zero-order valence-corrected chi connectivity index (χ0v) is 14.4. The number of ketones is 1. The first-order chi connectivity index (χ1) is 12.0. The highest BCUT2D eigenvalue weighted by molar-refractivity contribution is 7.15. The molecule has 3 N–H and O–H groups in total. The normalized spacial score (nSPS) is 10.8. The summed E-state index contributed by atoms with van der Waals surface area (Å²) in [4.78, 5) is 29.1. The van der Waals surface area contributed by atoms with E-state index in [4.69, 9.17) is 5.73 Å². The number of Topliss-reactive ketones (excluding diaryl/α,β-unsaturated/α-hetero) is 1. The third-order valence-corrected chi connectivity index (χ3v) is 5.02. The Balaban J connectivity index is 1.73. The fraction of sp³-hybridized carbons (Fsp3) is 0.167. The van der Waals surface area contributed by atoms with Gasteiger partial charge in [-0.05, 0) is 6.42 Å². The molecule has 0 aliphatic heterocycles. The zero-order chi connectivity index (χ0) is 18.0. The number of aryl methyl sites for hydroxylation is 2. The molecular weight excluding hydrogens is 338 g/mol. The molecule has 0 amide bonds. The maximum atomic E-state index is 12.4. The topological polar surface area (TPSA) is 98.2 Å². The minimum Gasteiger partial charge on any atom is -0.478 e. The number of hydrogen-bond donors (Lipinski definition) is 2. The van der Waals surface area contributed by atoms with E-state index in [1.807, 2.05) is 30.3 Å². The first-order valence-electron chi connectivity index (χ1n) is 7.68. The summed E-state index contributed by atoms with van der Waals surface area (Å²) >= 11 is 1.53. The molecule has 2 heterocycles. The van der Waals surface area contributed by atoms with Crippen LogP contribution in [0.5, 0.6) is 0 Å². The van der Waals surface area contributed by atoms with Crippen LogP contribution in [0.2, 0.25) is 0 Å². The lowest BCUT2D eigenvalue weighted by atomic mass is 10.0. The molecule has 0 aliphatic carbocycles. The number of nitrogens with two attached hydrogens (primary N) is 1. The summed E-state index contributed by atoms with van der Waals surface area (Å²) in [6.45, 7) is 0. The van der Waals surface area contributed by atoms with Crippen LogP contribution in [0.15, 0.2) is 42.7 Å². The predicted octanol–water partition coefficient (Wildman–Crippen LogP) is 3.24. The first-order valence-corrected chi connectivity index (χ1v) is 8.50. The molecule has 0 fully saturated rings. The van der Waals surface area contributed by atoms with Gasteiger partial charge in [0.1, 0.15) is 16.4 Å². The summed E-state index contributed by atoms with van der Waals surface area (Å²) in [6, 6.07) is 9.82. The van der Waals surface area contributed by atoms with Gasteiger partial charge in [0.2, 0.25) is 0 Å². The van der Waals surface area contributed by atoms with Gasteiger partial charge in [-0.15, -0.1) is 11.3 Å². The van der Waals surface area contributed by atoms with Gasteiger partial charge in [-0.3, -0.25) is 4.79 Å². The minimum atomic E-state index is -1.19. The minimum absolute atomic E-state index is 0.0833. The van der Waals surface area contributed by atoms with E-state index in [0.29, 0.717) is 6.42 Å². The second-order valence-electron chi connectivity index (χ2n) is 5.64. The lowest BCUT2D eigenvalue weighted by Gasteiger charge is -2.00. The molecule has 1 aromatic carbocycles. The number of aromatic carboxylic acids is 1. The van der Waals surface area contributed by atoms with Crippen molar-refractivity contribution < 1.29 is 14.7 Å². The van der Waals surface area contributed by atoms with Crippen molar-refractivity contribution in [1.82, 2.24) is 9.55 Å². The van der Waals surface area contributed by atoms with Gasteiger partial charge >= 0.3 is 5.97 Å². The number of anilines is 1. The number of aromatic nitrogens is 2. The van der Waals surface area contributed by atoms with Crippen molar-refractivity contribution in [3.8, 4) is 10.6 Å². The molecule has 0 saturated heterocycles. The highest BCUT2D eigenvalue weighted by atomic mass is 32.1. The largest absolute Gasteiger partial charge is 0.478 e. The van der Waals surface area contributed by atoms with Gasteiger partial charge in [0, 0.05) is 36.3 Å². The van der Waals surface area contributed by atoms with Crippen molar-refractivity contribution in [2.45, 2.75) is 12.8 Å². The number of carboxylic acid groups (broad SMARTS) is 1. The molecular formula is C18H17N3O3S. The van der Waals surface area contributed by atoms with E-state index in [1.54, 1.807) is 13.2 Å². The number of nitrogens with zero attached hydrogens (tertiary/aromatic N) is 2. The molecule has 2 aromatic heterocycles. The molecule has 0 saturated carbocycles. The van der Waals surface area contributed by atoms with Crippen LogP contribution < -0.4 is 5.73 Å². The van der Waals surface area contributed by atoms with Crippen LogP contribution in [0, 0.1) is 0 Å². The van der Waals surface area contributed by atoms with Gasteiger partial charge in [-0.2, -0.15) is 0 Å². The molecule has 7 heteroatoms. The van der Waals surface area contributed by atoms with E-state index in [2.05, 4.69) is 4.98 Å². The Kier molecular flexibility index (Phi) is 4.67. The fourth-order valence-corrected chi connectivity index (χ4v) is 3.50. The molecule has 0 spiro atoms. The lowest BCUT2D eigenvalue weighted by Crippen LogP contribution is -2.08. The van der Waals surface area contributed by atoms with E-state index in [-0.39, 0.29) is 29.1 Å². The average Bonchev–Trinajstić information content (AvgIpc) is 3.19. The molecule has 0 atom stereocenters. The Hall–Kier alpha value is -2.93. The highest BCUT2D eigenvalue weighted by Gasteiger charge is 2.23. The Morgan fingerprint density at radius 3 is 2.68 bits per heavy atom. The summed E-state index contributed by atoms with van der Waals surface area (Å²) in [5.41, 5.74) is 6.80. The number of thiazole rings is 1. The van der Waals surface area contributed by atoms with Gasteiger partial charge in [0.05, 0.1) is 5.56 Å². The summed E-state index contributed by atoms with van der Waals surface area (Å²) in [5, 5.41) is 10.2. The van der Waals surface area contributed by atoms with Gasteiger partial charge in [-0.1, -0.05) is 30.3 Å². The monoisotopic (exact) mass is 355 g/mol. The molecule has 128 valence electrons. The van der Waals surface area contributed by atoms with E-state index < -0.39 is 5.97 Å². The average molecular weight is 355 g/mol. The standard InChI is InChI=1S/C18H17N3O3S/c1-21-10-13(15(16(21)19)18(23)24)14(22)8-7-12-9-20-17(25-12)11-5-3-2-4-6-11/h2-6,9-10H,7-8,19H2,1H3,(H,23,24). The summed E-state index contributed by atoms with van der Waals surface area (Å²) in [6.07, 6.45) is 3.96. The third-order valence-electron chi connectivity index (χ3n) is 3.92. The first kappa shape index (κ1) is 16.9. The van der Waals surface area contributed by atoms with Crippen LogP contribution in [0.4, 0.5) is 5.82 Å². The van der Waals surface area contributed by atoms with Crippen molar-refractivity contribution in [3.05, 3.63) is 58.7 Å². The van der Waals surface area contributed by atoms with Crippen LogP contribution in [0.3, 0.4) is 0 Å². The number of carbonyl (C=O) groups excluding carboxylic acids is 1. The van der Waals surface area contributed by atoms with E-state index >= 15 is 0 Å². The summed E-state index contributed by atoms with van der Waals surface area (Å²) in [7, 11) is 1.62. The lowest BCUT2D eigenvalue weighted by molar-refractivity contribution is 0.0693. The van der Waals surface area contributed by atoms with Gasteiger partial charge < -0.3 is 15.4 Å². The smallest absolute Gasteiger partial charge is 0.340 e. The summed E-state index contributed by atoms with van der Waals surface area (Å²) < 4.78 is 1.46. The van der Waals surface area contributed by atoms with Crippen molar-refractivity contribution in [2.75, 3.05) is 5.73 Å². The number of hydrogen-bond acceptors (Lipinski definition) is 5. The van der Waals surface area contributed by atoms with Crippen LogP contribution in [0.25, 0.3) is 10.6 Å². The van der Waals surface area contributed by atoms with Gasteiger partial charge in [0.25, 0.3) is 0 Å². The fourth-order valence-electron chi connectivity index (χ4n) is 2.59. The molecule has 6 nitrogen and oxygen atoms in total. The molecule has 3 aromatic rings. The highest BCUT2D eigenvalue weighted by Crippen LogP contribution is 2.26. The zero-order valence-electron chi connectivity index (χ0n) is 13.6. The number of nitrogen functional groups attached to an aromatic ring is 1. The quantitative estimate of drug-likeness (QED) is 0.662. The molecule has 0 radical (unpaired) electrons. The van der Waals surface area contributed by atoms with Crippen molar-refractivity contribution >= 4 is 28.9 Å². The maximum Gasteiger partial charge on any atom is 0.340 e. The van der Waals surface area contributed by atoms with Crippen LogP contribution in [-0.2, 0) is 13.5 Å². The van der Waals surface area contributed by atoms with Gasteiger partial charge in [0.15, 0.2) is 5.78 Å². The Labute approximate surface area is 148 Å². The predicted molar refractivity (Wildman–Crippen MR) is 97.0 cm³/mol. The summed E-state index contributed by atoms with van der Waals surface area (Å²) in [5.74, 6) is -1.34. The number of carboxylic acids is 1. The van der Waals surface area contributed by atoms with Gasteiger partial charge in [-0.25, -0.2) is 9.78 Å². The van der Waals surface area contributed by atoms with Crippen LogP contribution in [0.1, 0.15) is 32.0 Å². The third kappa shape index (κ3) is 3.46. The number of carbonyl (C=O) groups is 2. The van der Waals surface area contributed by atoms with Crippen molar-refractivity contribution in [3.63, 3.8) is 0 Å². The van der Waals surface area contributed by atoms with Crippen molar-refractivity contribution in [2.24, 2.45) is 7.05 Å². The van der Waals surface area contributed by atoms with Crippen LogP contribution in [-0.4, -0.2) is 26.4 Å². The second-order valence-corrected chi connectivity index (χ2v) is 6.76. The Bertz CT molecular complexity index is 928. The maximum absolute atomic E-state index is 12.4. The van der Waals surface area contributed by atoms with Crippen molar-refractivity contribution in [1.29, 1.82) is 0 Å². The molecule has 3 rings (SSSR count). The molecule has 0 aliphatic rings. The molecule has 0 bridgehead atoms. The Morgan fingerprint density at radius 2 is 2.00 bits per heavy atom. The van der Waals surface area contributed by atoms with E-state index in [0.717, 1.165) is 15.4 Å². The Morgan fingerprint density at radius 1 is 1.28 bits per heavy atom. The number of rotatable bonds is 6. The van der Waals surface area contributed by atoms with E-state index in [9.17, 15) is 14.7 Å². The molecule has 25 heavy (non-hydrogen) atoms. The second kappa shape index (κ2) is 6.90.